The summed E-state index contributed by atoms with van der Waals surface area (Å²) in [5, 5.41) is 0. The van der Waals surface area contributed by atoms with Crippen LogP contribution in [0.2, 0.25) is 0 Å². The first-order valence-corrected chi connectivity index (χ1v) is 5.51. The van der Waals surface area contributed by atoms with Gasteiger partial charge in [0.1, 0.15) is 0 Å². The van der Waals surface area contributed by atoms with Crippen LogP contribution in [0, 0.1) is 5.92 Å². The second-order valence-corrected chi connectivity index (χ2v) is 5.14. The van der Waals surface area contributed by atoms with Crippen molar-refractivity contribution in [3.05, 3.63) is 0 Å². The molecule has 0 aromatic heterocycles. The fraction of sp³-hybridized carbons (Fsp3) is 1.00. The van der Waals surface area contributed by atoms with Gasteiger partial charge in [-0.25, -0.2) is 0 Å². The molecule has 2 nitrogen and oxygen atoms in total. The van der Waals surface area contributed by atoms with Gasteiger partial charge in [-0.2, -0.15) is 0 Å². The van der Waals surface area contributed by atoms with Crippen molar-refractivity contribution >= 4 is 0 Å². The molecule has 0 aromatic carbocycles. The van der Waals surface area contributed by atoms with Crippen molar-refractivity contribution in [3.63, 3.8) is 0 Å². The molecule has 2 aliphatic rings. The highest BCUT2D eigenvalue weighted by molar-refractivity contribution is 5.04. The quantitative estimate of drug-likeness (QED) is 0.605. The van der Waals surface area contributed by atoms with Crippen LogP contribution in [0.5, 0.6) is 0 Å². The predicted octanol–water partition coefficient (Wildman–Crippen LogP) is 1.42. The lowest BCUT2D eigenvalue weighted by Gasteiger charge is -2.44. The van der Waals surface area contributed by atoms with E-state index in [1.165, 1.54) is 38.8 Å². The van der Waals surface area contributed by atoms with Crippen molar-refractivity contribution in [2.24, 2.45) is 5.92 Å². The van der Waals surface area contributed by atoms with Crippen LogP contribution < -0.4 is 0 Å². The van der Waals surface area contributed by atoms with Crippen molar-refractivity contribution in [1.82, 2.24) is 9.80 Å². The molecule has 1 aliphatic carbocycles. The van der Waals surface area contributed by atoms with Gasteiger partial charge in [0.25, 0.3) is 0 Å². The van der Waals surface area contributed by atoms with Crippen molar-refractivity contribution < 1.29 is 0 Å². The van der Waals surface area contributed by atoms with Crippen LogP contribution in [-0.2, 0) is 0 Å². The molecule has 1 saturated carbocycles. The number of likely N-dealkylation sites (N-methyl/N-ethyl adjacent to an activating group) is 2. The number of rotatable bonds is 1. The molecule has 2 rings (SSSR count). The highest BCUT2D eigenvalue weighted by Crippen LogP contribution is 2.42. The third-order valence-electron chi connectivity index (χ3n) is 4.14. The second kappa shape index (κ2) is 3.25. The van der Waals surface area contributed by atoms with Crippen LogP contribution in [-0.4, -0.2) is 49.6 Å². The molecule has 2 unspecified atom stereocenters. The lowest BCUT2D eigenvalue weighted by atomic mass is 9.74. The molecule has 0 spiro atoms. The molecular formula is C11H22N2. The van der Waals surface area contributed by atoms with Gasteiger partial charge in [0.15, 0.2) is 0 Å². The Morgan fingerprint density at radius 1 is 1.31 bits per heavy atom. The molecular weight excluding hydrogens is 160 g/mol. The van der Waals surface area contributed by atoms with Gasteiger partial charge in [0, 0.05) is 18.6 Å². The van der Waals surface area contributed by atoms with Crippen LogP contribution in [0.4, 0.5) is 0 Å². The lowest BCUT2D eigenvalue weighted by Crippen LogP contribution is -2.52. The summed E-state index contributed by atoms with van der Waals surface area (Å²) in [5.41, 5.74) is 0.521. The zero-order valence-corrected chi connectivity index (χ0v) is 9.21. The maximum Gasteiger partial charge on any atom is 0.0370 e. The van der Waals surface area contributed by atoms with E-state index in [2.05, 4.69) is 30.9 Å². The van der Waals surface area contributed by atoms with Gasteiger partial charge < -0.3 is 9.80 Å². The van der Waals surface area contributed by atoms with E-state index < -0.39 is 0 Å². The van der Waals surface area contributed by atoms with E-state index >= 15 is 0 Å². The van der Waals surface area contributed by atoms with Crippen molar-refractivity contribution in [3.8, 4) is 0 Å². The summed E-state index contributed by atoms with van der Waals surface area (Å²) in [6, 6.07) is 0. The van der Waals surface area contributed by atoms with Crippen molar-refractivity contribution in [2.45, 2.75) is 31.2 Å². The van der Waals surface area contributed by atoms with Crippen molar-refractivity contribution in [2.75, 3.05) is 34.2 Å². The largest absolute Gasteiger partial charge is 0.304 e. The summed E-state index contributed by atoms with van der Waals surface area (Å²) in [4.78, 5) is 5.00. The average molecular weight is 182 g/mol. The van der Waals surface area contributed by atoms with Gasteiger partial charge in [-0.15, -0.1) is 0 Å². The van der Waals surface area contributed by atoms with Crippen LogP contribution in [0.1, 0.15) is 25.7 Å². The minimum absolute atomic E-state index is 0.521. The number of hydrogen-bond donors (Lipinski definition) is 0. The Kier molecular flexibility index (Phi) is 2.37. The first-order chi connectivity index (χ1) is 6.15. The molecule has 0 radical (unpaired) electrons. The van der Waals surface area contributed by atoms with Gasteiger partial charge in [-0.05, 0) is 39.9 Å². The molecule has 2 heteroatoms. The third kappa shape index (κ3) is 1.40. The van der Waals surface area contributed by atoms with Gasteiger partial charge in [0.2, 0.25) is 0 Å². The molecule has 2 atom stereocenters. The summed E-state index contributed by atoms with van der Waals surface area (Å²) in [6.07, 6.45) is 5.74. The first kappa shape index (κ1) is 9.47. The minimum atomic E-state index is 0.521. The zero-order valence-electron chi connectivity index (χ0n) is 9.21. The molecule has 1 saturated heterocycles. The Morgan fingerprint density at radius 2 is 2.08 bits per heavy atom. The molecule has 0 amide bonds. The van der Waals surface area contributed by atoms with E-state index in [-0.39, 0.29) is 0 Å². The number of fused-ring (bicyclic) bond motifs is 1. The molecule has 0 N–H and O–H groups in total. The second-order valence-electron chi connectivity index (χ2n) is 5.14. The Bertz CT molecular complexity index is 191. The fourth-order valence-electron chi connectivity index (χ4n) is 3.40. The molecule has 1 heterocycles. The van der Waals surface area contributed by atoms with Crippen molar-refractivity contribution in [1.29, 1.82) is 0 Å². The highest BCUT2D eigenvalue weighted by Gasteiger charge is 2.47. The zero-order chi connectivity index (χ0) is 9.47. The van der Waals surface area contributed by atoms with Crippen LogP contribution in [0.25, 0.3) is 0 Å². The average Bonchev–Trinajstić information content (AvgIpc) is 2.41. The number of nitrogens with zero attached hydrogens (tertiary/aromatic N) is 2. The lowest BCUT2D eigenvalue weighted by molar-refractivity contribution is 0.0748. The van der Waals surface area contributed by atoms with E-state index in [9.17, 15) is 0 Å². The first-order valence-electron chi connectivity index (χ1n) is 5.51. The van der Waals surface area contributed by atoms with E-state index in [4.69, 9.17) is 0 Å². The van der Waals surface area contributed by atoms with Crippen LogP contribution >= 0.6 is 0 Å². The summed E-state index contributed by atoms with van der Waals surface area (Å²) < 4.78 is 0. The Balaban J connectivity index is 2.19. The van der Waals surface area contributed by atoms with E-state index in [0.29, 0.717) is 5.54 Å². The van der Waals surface area contributed by atoms with Gasteiger partial charge >= 0.3 is 0 Å². The third-order valence-corrected chi connectivity index (χ3v) is 4.14. The molecule has 13 heavy (non-hydrogen) atoms. The van der Waals surface area contributed by atoms with E-state index in [1.54, 1.807) is 0 Å². The van der Waals surface area contributed by atoms with Crippen LogP contribution in [0.15, 0.2) is 0 Å². The Labute approximate surface area is 81.9 Å². The molecule has 2 fully saturated rings. The fourth-order valence-corrected chi connectivity index (χ4v) is 3.40. The molecule has 1 aliphatic heterocycles. The maximum atomic E-state index is 2.51. The van der Waals surface area contributed by atoms with Gasteiger partial charge in [-0.3, -0.25) is 0 Å². The number of likely N-dealkylation sites (tertiary alicyclic amines) is 1. The highest BCUT2D eigenvalue weighted by atomic mass is 15.3. The predicted molar refractivity (Wildman–Crippen MR) is 55.9 cm³/mol. The standard InChI is InChI=1S/C11H22N2/c1-12(2)11-7-5-4-6-10(11)8-13(3)9-11/h10H,4-9H2,1-3H3. The number of hydrogen-bond acceptors (Lipinski definition) is 2. The molecule has 0 aromatic rings. The summed E-state index contributed by atoms with van der Waals surface area (Å²) in [6.45, 7) is 2.60. The minimum Gasteiger partial charge on any atom is -0.304 e. The monoisotopic (exact) mass is 182 g/mol. The Morgan fingerprint density at radius 3 is 2.69 bits per heavy atom. The summed E-state index contributed by atoms with van der Waals surface area (Å²) in [7, 11) is 6.79. The smallest absolute Gasteiger partial charge is 0.0370 e. The van der Waals surface area contributed by atoms with E-state index in [0.717, 1.165) is 5.92 Å². The molecule has 76 valence electrons. The summed E-state index contributed by atoms with van der Waals surface area (Å²) in [5.74, 6) is 0.932. The van der Waals surface area contributed by atoms with E-state index in [1.807, 2.05) is 0 Å². The Hall–Kier alpha value is -0.0800. The normalized spacial score (nSPS) is 41.1. The SMILES string of the molecule is CN1CC2CCCCC2(N(C)C)C1. The summed E-state index contributed by atoms with van der Waals surface area (Å²) >= 11 is 0. The van der Waals surface area contributed by atoms with Crippen LogP contribution in [0.3, 0.4) is 0 Å². The maximum absolute atomic E-state index is 2.51. The van der Waals surface area contributed by atoms with Gasteiger partial charge in [-0.1, -0.05) is 12.8 Å². The molecule has 0 bridgehead atoms. The topological polar surface area (TPSA) is 6.48 Å². The van der Waals surface area contributed by atoms with Gasteiger partial charge in [0.05, 0.1) is 0 Å².